The first kappa shape index (κ1) is 31.7. The van der Waals surface area contributed by atoms with Gasteiger partial charge in [0.25, 0.3) is 0 Å². The molecule has 5 rings (SSSR count). The minimum absolute atomic E-state index is 0.255. The Labute approximate surface area is 262 Å². The lowest BCUT2D eigenvalue weighted by molar-refractivity contribution is -0.137. The molecule has 3 saturated heterocycles. The van der Waals surface area contributed by atoms with Crippen molar-refractivity contribution in [3.63, 3.8) is 0 Å². The number of carboxylic acid groups (broad SMARTS) is 1. The number of benzene rings is 2. The van der Waals surface area contributed by atoms with E-state index in [1.807, 2.05) is 12.1 Å². The predicted octanol–water partition coefficient (Wildman–Crippen LogP) is 6.49. The van der Waals surface area contributed by atoms with Crippen molar-refractivity contribution in [3.05, 3.63) is 57.6 Å². The zero-order valence-electron chi connectivity index (χ0n) is 25.2. The molecule has 3 aliphatic rings. The highest BCUT2D eigenvalue weighted by Gasteiger charge is 2.30. The smallest absolute Gasteiger partial charge is 0.304 e. The van der Waals surface area contributed by atoms with Crippen LogP contribution in [0.3, 0.4) is 0 Å². The van der Waals surface area contributed by atoms with E-state index in [0.717, 1.165) is 82.2 Å². The van der Waals surface area contributed by atoms with Crippen LogP contribution in [0.2, 0.25) is 10.0 Å². The van der Waals surface area contributed by atoms with Crippen LogP contribution in [-0.2, 0) is 17.9 Å². The maximum absolute atomic E-state index is 10.9. The van der Waals surface area contributed by atoms with Crippen LogP contribution in [-0.4, -0.2) is 85.2 Å². The Bertz CT molecular complexity index is 1150. The van der Waals surface area contributed by atoms with Crippen LogP contribution < -0.4 is 5.32 Å². The largest absolute Gasteiger partial charge is 0.481 e. The van der Waals surface area contributed by atoms with Crippen molar-refractivity contribution >= 4 is 29.2 Å². The summed E-state index contributed by atoms with van der Waals surface area (Å²) in [6.45, 7) is 10.5. The van der Waals surface area contributed by atoms with Crippen molar-refractivity contribution in [2.45, 2.75) is 58.0 Å². The van der Waals surface area contributed by atoms with Crippen LogP contribution in [0.1, 0.15) is 56.1 Å². The topological polar surface area (TPSA) is 59.0 Å². The highest BCUT2D eigenvalue weighted by molar-refractivity contribution is 6.35. The standard InChI is InChI=1S/C34H48Cl2N4O2/c1-37-22-25-2-9-39(10-3-25)23-26-16-27(18-30(17-26)31-19-32(35)21-33(36)20-31)24-40-13-6-29(7-14-40)28-4-11-38(12-5-28)15-8-34(41)42/h16-21,25,28-29,37H,2-15,22-24H2,1H3,(H,41,42). The number of piperidine rings is 3. The first-order valence-electron chi connectivity index (χ1n) is 16.0. The van der Waals surface area contributed by atoms with Gasteiger partial charge in [-0.3, -0.25) is 14.6 Å². The molecule has 2 N–H and O–H groups in total. The van der Waals surface area contributed by atoms with Crippen molar-refractivity contribution in [3.8, 4) is 11.1 Å². The minimum atomic E-state index is -0.691. The SMILES string of the molecule is CNCC1CCN(Cc2cc(CN3CCC(C4CCN(CCC(=O)O)CC4)CC3)cc(-c3cc(Cl)cc(Cl)c3)c2)CC1. The molecule has 0 bridgehead atoms. The summed E-state index contributed by atoms with van der Waals surface area (Å²) >= 11 is 12.8. The molecule has 0 aromatic heterocycles. The molecule has 0 radical (unpaired) electrons. The summed E-state index contributed by atoms with van der Waals surface area (Å²) in [5, 5.41) is 13.7. The zero-order valence-corrected chi connectivity index (χ0v) is 26.7. The van der Waals surface area contributed by atoms with Gasteiger partial charge in [-0.05, 0) is 162 Å². The molecule has 0 unspecified atom stereocenters. The van der Waals surface area contributed by atoms with Gasteiger partial charge in [-0.15, -0.1) is 0 Å². The van der Waals surface area contributed by atoms with Gasteiger partial charge in [0.2, 0.25) is 0 Å². The number of hydrogen-bond donors (Lipinski definition) is 2. The van der Waals surface area contributed by atoms with Gasteiger partial charge in [0.05, 0.1) is 6.42 Å². The monoisotopic (exact) mass is 614 g/mol. The lowest BCUT2D eigenvalue weighted by Crippen LogP contribution is -2.41. The third-order valence-electron chi connectivity index (χ3n) is 9.83. The fraction of sp³-hybridized carbons (Fsp3) is 0.618. The van der Waals surface area contributed by atoms with Gasteiger partial charge in [-0.2, -0.15) is 0 Å². The second-order valence-corrected chi connectivity index (χ2v) is 13.8. The lowest BCUT2D eigenvalue weighted by Gasteiger charge is -2.40. The van der Waals surface area contributed by atoms with E-state index in [-0.39, 0.29) is 6.42 Å². The average Bonchev–Trinajstić information content (AvgIpc) is 2.97. The first-order chi connectivity index (χ1) is 20.3. The van der Waals surface area contributed by atoms with Crippen LogP contribution in [0.5, 0.6) is 0 Å². The van der Waals surface area contributed by atoms with Crippen molar-refractivity contribution in [1.29, 1.82) is 0 Å². The summed E-state index contributed by atoms with van der Waals surface area (Å²) in [5.74, 6) is 1.68. The number of nitrogens with one attached hydrogen (secondary N) is 1. The molecule has 2 aromatic rings. The molecule has 3 aliphatic heterocycles. The van der Waals surface area contributed by atoms with Crippen molar-refractivity contribution in [2.24, 2.45) is 17.8 Å². The van der Waals surface area contributed by atoms with E-state index in [2.05, 4.69) is 45.3 Å². The number of carbonyl (C=O) groups is 1. The third-order valence-corrected chi connectivity index (χ3v) is 10.3. The molecule has 3 heterocycles. The molecule has 2 aromatic carbocycles. The second kappa shape index (κ2) is 15.4. The van der Waals surface area contributed by atoms with E-state index >= 15 is 0 Å². The molecule has 0 amide bonds. The maximum Gasteiger partial charge on any atom is 0.304 e. The number of hydrogen-bond acceptors (Lipinski definition) is 5. The summed E-state index contributed by atoms with van der Waals surface area (Å²) in [6, 6.07) is 12.9. The number of rotatable bonds is 11. The average molecular weight is 616 g/mol. The fourth-order valence-electron chi connectivity index (χ4n) is 7.47. The van der Waals surface area contributed by atoms with E-state index < -0.39 is 5.97 Å². The zero-order chi connectivity index (χ0) is 29.5. The fourth-order valence-corrected chi connectivity index (χ4v) is 8.00. The van der Waals surface area contributed by atoms with Gasteiger partial charge in [-0.25, -0.2) is 0 Å². The molecule has 42 heavy (non-hydrogen) atoms. The normalized spacial score (nSPS) is 20.7. The Morgan fingerprint density at radius 2 is 1.21 bits per heavy atom. The summed E-state index contributed by atoms with van der Waals surface area (Å²) in [4.78, 5) is 18.5. The number of likely N-dealkylation sites (tertiary alicyclic amines) is 3. The van der Waals surface area contributed by atoms with Gasteiger partial charge in [-0.1, -0.05) is 29.3 Å². The highest BCUT2D eigenvalue weighted by Crippen LogP contribution is 2.34. The minimum Gasteiger partial charge on any atom is -0.481 e. The van der Waals surface area contributed by atoms with Crippen LogP contribution in [0.4, 0.5) is 0 Å². The highest BCUT2D eigenvalue weighted by atomic mass is 35.5. The Kier molecular flexibility index (Phi) is 11.6. The van der Waals surface area contributed by atoms with Gasteiger partial charge >= 0.3 is 5.97 Å². The van der Waals surface area contributed by atoms with Crippen LogP contribution in [0.25, 0.3) is 11.1 Å². The van der Waals surface area contributed by atoms with Gasteiger partial charge < -0.3 is 15.3 Å². The van der Waals surface area contributed by atoms with Crippen molar-refractivity contribution < 1.29 is 9.90 Å². The second-order valence-electron chi connectivity index (χ2n) is 12.9. The van der Waals surface area contributed by atoms with Crippen molar-refractivity contribution in [1.82, 2.24) is 20.0 Å². The number of halogens is 2. The van der Waals surface area contributed by atoms with Crippen LogP contribution in [0.15, 0.2) is 36.4 Å². The lowest BCUT2D eigenvalue weighted by atomic mass is 9.78. The molecule has 6 nitrogen and oxygen atoms in total. The molecular formula is C34H48Cl2N4O2. The molecule has 0 saturated carbocycles. The molecule has 0 spiro atoms. The molecule has 8 heteroatoms. The maximum atomic E-state index is 10.9. The summed E-state index contributed by atoms with van der Waals surface area (Å²) in [6.07, 6.45) is 7.72. The number of carboxylic acids is 1. The molecule has 230 valence electrons. The summed E-state index contributed by atoms with van der Waals surface area (Å²) in [5.41, 5.74) is 5.02. The summed E-state index contributed by atoms with van der Waals surface area (Å²) in [7, 11) is 2.06. The quantitative estimate of drug-likeness (QED) is 0.302. The first-order valence-corrected chi connectivity index (χ1v) is 16.7. The van der Waals surface area contributed by atoms with Gasteiger partial charge in [0.15, 0.2) is 0 Å². The van der Waals surface area contributed by atoms with E-state index in [1.54, 1.807) is 6.07 Å². The third kappa shape index (κ3) is 9.17. The van der Waals surface area contributed by atoms with E-state index in [9.17, 15) is 4.79 Å². The Morgan fingerprint density at radius 3 is 1.71 bits per heavy atom. The van der Waals surface area contributed by atoms with Crippen molar-refractivity contribution in [2.75, 3.05) is 59.4 Å². The molecule has 0 atom stereocenters. The number of aliphatic carboxylic acids is 1. The molecule has 3 fully saturated rings. The van der Waals surface area contributed by atoms with Gasteiger partial charge in [0, 0.05) is 29.7 Å². The van der Waals surface area contributed by atoms with E-state index in [1.165, 1.54) is 55.2 Å². The predicted molar refractivity (Wildman–Crippen MR) is 173 cm³/mol. The number of nitrogens with zero attached hydrogens (tertiary/aromatic N) is 3. The Hall–Kier alpha value is -1.67. The van der Waals surface area contributed by atoms with Crippen LogP contribution in [0, 0.1) is 17.8 Å². The Morgan fingerprint density at radius 1 is 0.738 bits per heavy atom. The molecule has 0 aliphatic carbocycles. The van der Waals surface area contributed by atoms with E-state index in [4.69, 9.17) is 28.3 Å². The van der Waals surface area contributed by atoms with Crippen LogP contribution >= 0.6 is 23.2 Å². The van der Waals surface area contributed by atoms with Gasteiger partial charge in [0.1, 0.15) is 0 Å². The summed E-state index contributed by atoms with van der Waals surface area (Å²) < 4.78 is 0. The van der Waals surface area contributed by atoms with E-state index in [0.29, 0.717) is 16.6 Å². The molecular weight excluding hydrogens is 567 g/mol. The Balaban J connectivity index is 1.21.